The third kappa shape index (κ3) is 3.50. The molecule has 0 aliphatic carbocycles. The number of thioether (sulfide) groups is 1. The fourth-order valence-electron chi connectivity index (χ4n) is 4.17. The van der Waals surface area contributed by atoms with Crippen molar-refractivity contribution in [1.82, 2.24) is 24.2 Å². The maximum atomic E-state index is 13.2. The number of aromatic nitrogens is 4. The molecule has 1 aliphatic rings. The minimum absolute atomic E-state index is 0.0161. The number of amides is 1. The lowest BCUT2D eigenvalue weighted by Crippen LogP contribution is -2.37. The fraction of sp³-hybridized carbons (Fsp3) is 0.250. The van der Waals surface area contributed by atoms with Crippen LogP contribution < -0.4 is 5.56 Å². The summed E-state index contributed by atoms with van der Waals surface area (Å²) >= 11 is 1.87. The summed E-state index contributed by atoms with van der Waals surface area (Å²) < 4.78 is 3.42. The van der Waals surface area contributed by atoms with Crippen molar-refractivity contribution >= 4 is 28.7 Å². The molecule has 32 heavy (non-hydrogen) atoms. The Hall–Kier alpha value is -3.39. The molecule has 0 radical (unpaired) electrons. The molecule has 5 rings (SSSR count). The van der Waals surface area contributed by atoms with Gasteiger partial charge in [-0.2, -0.15) is 11.8 Å². The van der Waals surface area contributed by atoms with Gasteiger partial charge in [0.15, 0.2) is 0 Å². The summed E-state index contributed by atoms with van der Waals surface area (Å²) in [5.74, 6) is 1.93. The van der Waals surface area contributed by atoms with E-state index < -0.39 is 0 Å². The minimum atomic E-state index is -0.110. The van der Waals surface area contributed by atoms with Crippen molar-refractivity contribution in [2.24, 2.45) is 14.1 Å². The van der Waals surface area contributed by atoms with E-state index in [0.29, 0.717) is 11.1 Å². The highest BCUT2D eigenvalue weighted by atomic mass is 32.2. The van der Waals surface area contributed by atoms with Crippen molar-refractivity contribution in [3.8, 4) is 22.4 Å². The molecule has 0 saturated carbocycles. The Morgan fingerprint density at radius 2 is 1.66 bits per heavy atom. The Bertz CT molecular complexity index is 1380. The van der Waals surface area contributed by atoms with E-state index in [1.54, 1.807) is 24.1 Å². The molecule has 8 heteroatoms. The smallest absolute Gasteiger partial charge is 0.274 e. The third-order valence-corrected chi connectivity index (χ3v) is 6.90. The van der Waals surface area contributed by atoms with Gasteiger partial charge in [0, 0.05) is 62.2 Å². The second kappa shape index (κ2) is 8.27. The minimum Gasteiger partial charge on any atom is -0.337 e. The van der Waals surface area contributed by atoms with Crippen molar-refractivity contribution in [1.29, 1.82) is 0 Å². The van der Waals surface area contributed by atoms with Crippen LogP contribution in [0.5, 0.6) is 0 Å². The highest BCUT2D eigenvalue weighted by molar-refractivity contribution is 7.99. The van der Waals surface area contributed by atoms with Crippen LogP contribution in [-0.2, 0) is 14.1 Å². The first kappa shape index (κ1) is 20.5. The van der Waals surface area contributed by atoms with Gasteiger partial charge in [-0.05, 0) is 29.8 Å². The average molecular weight is 446 g/mol. The zero-order chi connectivity index (χ0) is 22.2. The van der Waals surface area contributed by atoms with Gasteiger partial charge in [0.25, 0.3) is 11.5 Å². The maximum absolute atomic E-state index is 13.2. The standard InChI is InChI=1S/C24H23N5O2S/c1-27-22(17-6-7-19-20(15-17)26-9-8-25-19)21(24(31)28(27)2)16-4-3-5-18(14-16)23(30)29-10-12-32-13-11-29/h3-9,14-15H,10-13H2,1-2H3. The highest BCUT2D eigenvalue weighted by Crippen LogP contribution is 2.31. The van der Waals surface area contributed by atoms with Gasteiger partial charge in [-0.3, -0.25) is 28.9 Å². The van der Waals surface area contributed by atoms with Gasteiger partial charge in [-0.1, -0.05) is 18.2 Å². The summed E-state index contributed by atoms with van der Waals surface area (Å²) in [7, 11) is 3.61. The Morgan fingerprint density at radius 3 is 2.44 bits per heavy atom. The first-order valence-corrected chi connectivity index (χ1v) is 11.6. The van der Waals surface area contributed by atoms with E-state index in [0.717, 1.165) is 52.4 Å². The fourth-order valence-corrected chi connectivity index (χ4v) is 5.07. The van der Waals surface area contributed by atoms with Crippen molar-refractivity contribution < 1.29 is 4.79 Å². The molecule has 2 aromatic heterocycles. The number of carbonyl (C=O) groups is 1. The molecule has 1 saturated heterocycles. The van der Waals surface area contributed by atoms with Crippen LogP contribution in [0.3, 0.4) is 0 Å². The van der Waals surface area contributed by atoms with E-state index in [4.69, 9.17) is 0 Å². The van der Waals surface area contributed by atoms with E-state index in [1.807, 2.05) is 70.9 Å². The quantitative estimate of drug-likeness (QED) is 0.484. The predicted molar refractivity (Wildman–Crippen MR) is 128 cm³/mol. The van der Waals surface area contributed by atoms with Crippen LogP contribution in [0.25, 0.3) is 33.4 Å². The first-order chi connectivity index (χ1) is 15.5. The molecule has 4 aromatic rings. The monoisotopic (exact) mass is 445 g/mol. The topological polar surface area (TPSA) is 73.0 Å². The second-order valence-corrected chi connectivity index (χ2v) is 9.05. The van der Waals surface area contributed by atoms with Crippen molar-refractivity contribution in [3.05, 3.63) is 70.8 Å². The molecular weight excluding hydrogens is 422 g/mol. The molecule has 0 N–H and O–H groups in total. The van der Waals surface area contributed by atoms with Crippen LogP contribution in [0, 0.1) is 0 Å². The van der Waals surface area contributed by atoms with E-state index in [2.05, 4.69) is 9.97 Å². The zero-order valence-electron chi connectivity index (χ0n) is 18.0. The van der Waals surface area contributed by atoms with Gasteiger partial charge in [0.2, 0.25) is 0 Å². The van der Waals surface area contributed by atoms with Crippen LogP contribution in [0.4, 0.5) is 0 Å². The molecule has 0 atom stereocenters. The van der Waals surface area contributed by atoms with E-state index in [-0.39, 0.29) is 11.5 Å². The molecule has 162 valence electrons. The molecule has 0 bridgehead atoms. The normalized spacial score (nSPS) is 14.1. The van der Waals surface area contributed by atoms with Gasteiger partial charge in [0.1, 0.15) is 0 Å². The number of benzene rings is 2. The number of fused-ring (bicyclic) bond motifs is 1. The summed E-state index contributed by atoms with van der Waals surface area (Å²) in [4.78, 5) is 36.9. The maximum Gasteiger partial charge on any atom is 0.274 e. The van der Waals surface area contributed by atoms with E-state index in [9.17, 15) is 9.59 Å². The Balaban J connectivity index is 1.63. The van der Waals surface area contributed by atoms with Gasteiger partial charge in [-0.15, -0.1) is 0 Å². The average Bonchev–Trinajstić information content (AvgIpc) is 3.07. The molecule has 0 unspecified atom stereocenters. The number of rotatable bonds is 3. The largest absolute Gasteiger partial charge is 0.337 e. The lowest BCUT2D eigenvalue weighted by Gasteiger charge is -2.26. The number of nitrogens with zero attached hydrogens (tertiary/aromatic N) is 5. The van der Waals surface area contributed by atoms with Crippen LogP contribution in [0.1, 0.15) is 10.4 Å². The molecule has 3 heterocycles. The van der Waals surface area contributed by atoms with Crippen molar-refractivity contribution in [3.63, 3.8) is 0 Å². The number of hydrogen-bond donors (Lipinski definition) is 0. The molecular formula is C24H23N5O2S. The third-order valence-electron chi connectivity index (χ3n) is 5.96. The van der Waals surface area contributed by atoms with Crippen LogP contribution in [0.15, 0.2) is 59.7 Å². The number of hydrogen-bond acceptors (Lipinski definition) is 5. The predicted octanol–water partition coefficient (Wildman–Crippen LogP) is 3.19. The molecule has 1 fully saturated rings. The molecule has 2 aromatic carbocycles. The van der Waals surface area contributed by atoms with Gasteiger partial charge >= 0.3 is 0 Å². The summed E-state index contributed by atoms with van der Waals surface area (Å²) in [5.41, 5.74) is 5.02. The summed E-state index contributed by atoms with van der Waals surface area (Å²) in [6, 6.07) is 13.2. The second-order valence-electron chi connectivity index (χ2n) is 7.82. The van der Waals surface area contributed by atoms with Crippen LogP contribution >= 0.6 is 11.8 Å². The first-order valence-electron chi connectivity index (χ1n) is 10.5. The Morgan fingerprint density at radius 1 is 0.906 bits per heavy atom. The molecule has 1 amide bonds. The Labute approximate surface area is 189 Å². The van der Waals surface area contributed by atoms with Crippen molar-refractivity contribution in [2.75, 3.05) is 24.6 Å². The lowest BCUT2D eigenvalue weighted by atomic mass is 9.99. The number of carbonyl (C=O) groups excluding carboxylic acids is 1. The highest BCUT2D eigenvalue weighted by Gasteiger charge is 2.23. The van der Waals surface area contributed by atoms with Crippen LogP contribution in [-0.4, -0.2) is 54.7 Å². The molecule has 0 spiro atoms. The van der Waals surface area contributed by atoms with Gasteiger partial charge in [0.05, 0.1) is 22.3 Å². The van der Waals surface area contributed by atoms with E-state index >= 15 is 0 Å². The zero-order valence-corrected chi connectivity index (χ0v) is 18.8. The lowest BCUT2D eigenvalue weighted by molar-refractivity contribution is 0.0772. The SMILES string of the molecule is Cn1c(-c2ccc3nccnc3c2)c(-c2cccc(C(=O)N3CCSCC3)c2)c(=O)n1C. The molecule has 7 nitrogen and oxygen atoms in total. The Kier molecular flexibility index (Phi) is 5.30. The van der Waals surface area contributed by atoms with Gasteiger partial charge in [-0.25, -0.2) is 0 Å². The van der Waals surface area contributed by atoms with E-state index in [1.165, 1.54) is 0 Å². The molecule has 1 aliphatic heterocycles. The van der Waals surface area contributed by atoms with Gasteiger partial charge < -0.3 is 4.90 Å². The van der Waals surface area contributed by atoms with Crippen LogP contribution in [0.2, 0.25) is 0 Å². The summed E-state index contributed by atoms with van der Waals surface area (Å²) in [6.07, 6.45) is 3.32. The summed E-state index contributed by atoms with van der Waals surface area (Å²) in [5, 5.41) is 0. The summed E-state index contributed by atoms with van der Waals surface area (Å²) in [6.45, 7) is 1.51. The van der Waals surface area contributed by atoms with Crippen molar-refractivity contribution in [2.45, 2.75) is 0 Å².